The van der Waals surface area contributed by atoms with Crippen molar-refractivity contribution in [2.45, 2.75) is 12.7 Å². The largest absolute Gasteiger partial charge is 0.454 e. The molecule has 5 nitrogen and oxygen atoms in total. The first-order valence-electron chi connectivity index (χ1n) is 9.10. The highest BCUT2D eigenvalue weighted by Crippen LogP contribution is 2.38. The molecule has 1 amide bonds. The van der Waals surface area contributed by atoms with Crippen LogP contribution in [0.2, 0.25) is 0 Å². The summed E-state index contributed by atoms with van der Waals surface area (Å²) >= 11 is 0. The number of nitrogens with zero attached hydrogens (tertiary/aromatic N) is 1. The lowest BCUT2D eigenvalue weighted by Crippen LogP contribution is -2.32. The van der Waals surface area contributed by atoms with Gasteiger partial charge in [0.1, 0.15) is 17.8 Å². The van der Waals surface area contributed by atoms with Gasteiger partial charge in [-0.2, -0.15) is 0 Å². The molecule has 0 aromatic heterocycles. The molecule has 0 aliphatic carbocycles. The van der Waals surface area contributed by atoms with Gasteiger partial charge in [0.25, 0.3) is 5.91 Å². The van der Waals surface area contributed by atoms with Crippen LogP contribution >= 0.6 is 0 Å². The first-order chi connectivity index (χ1) is 14.1. The van der Waals surface area contributed by atoms with Gasteiger partial charge in [-0.3, -0.25) is 4.79 Å². The lowest BCUT2D eigenvalue weighted by atomic mass is 10.1. The normalized spacial score (nSPS) is 16.8. The van der Waals surface area contributed by atoms with Crippen molar-refractivity contribution >= 4 is 11.6 Å². The van der Waals surface area contributed by atoms with Crippen molar-refractivity contribution in [3.05, 3.63) is 89.0 Å². The summed E-state index contributed by atoms with van der Waals surface area (Å²) < 4.78 is 38.3. The van der Waals surface area contributed by atoms with Gasteiger partial charge in [-0.05, 0) is 35.9 Å². The van der Waals surface area contributed by atoms with Crippen molar-refractivity contribution in [3.8, 4) is 11.5 Å². The molecule has 0 spiro atoms. The minimum Gasteiger partial charge on any atom is -0.454 e. The van der Waals surface area contributed by atoms with E-state index in [0.29, 0.717) is 17.1 Å². The van der Waals surface area contributed by atoms with E-state index in [2.05, 4.69) is 5.32 Å². The molecule has 1 atom stereocenters. The van der Waals surface area contributed by atoms with E-state index in [-0.39, 0.29) is 24.9 Å². The molecule has 3 aromatic rings. The molecule has 7 heteroatoms. The third-order valence-electron chi connectivity index (χ3n) is 5.07. The Balaban J connectivity index is 1.49. The fourth-order valence-corrected chi connectivity index (χ4v) is 3.68. The Bertz CT molecular complexity index is 1120. The molecule has 29 heavy (non-hydrogen) atoms. The molecule has 146 valence electrons. The highest BCUT2D eigenvalue weighted by atomic mass is 19.1. The predicted octanol–water partition coefficient (Wildman–Crippen LogP) is 4.46. The van der Waals surface area contributed by atoms with E-state index in [1.54, 1.807) is 23.1 Å². The summed E-state index contributed by atoms with van der Waals surface area (Å²) in [5, 5.41) is 3.05. The van der Waals surface area contributed by atoms with Gasteiger partial charge in [0.05, 0.1) is 5.69 Å². The smallest absolute Gasteiger partial charge is 0.256 e. The number of amides is 1. The second-order valence-corrected chi connectivity index (χ2v) is 6.88. The highest BCUT2D eigenvalue weighted by molar-refractivity contribution is 5.99. The molecule has 2 heterocycles. The van der Waals surface area contributed by atoms with Crippen LogP contribution in [0.3, 0.4) is 0 Å². The topological polar surface area (TPSA) is 50.8 Å². The summed E-state index contributed by atoms with van der Waals surface area (Å²) in [6.07, 6.45) is -0.593. The lowest BCUT2D eigenvalue weighted by Gasteiger charge is -2.27. The molecule has 2 aliphatic rings. The number of ether oxygens (including phenoxy) is 2. The van der Waals surface area contributed by atoms with E-state index in [9.17, 15) is 13.6 Å². The predicted molar refractivity (Wildman–Crippen MR) is 102 cm³/mol. The Hall–Kier alpha value is -3.61. The lowest BCUT2D eigenvalue weighted by molar-refractivity contribution is 0.0728. The average Bonchev–Trinajstić information content (AvgIpc) is 3.28. The van der Waals surface area contributed by atoms with Crippen LogP contribution in [-0.4, -0.2) is 17.6 Å². The van der Waals surface area contributed by atoms with Gasteiger partial charge in [0, 0.05) is 23.7 Å². The van der Waals surface area contributed by atoms with Crippen molar-refractivity contribution in [1.29, 1.82) is 0 Å². The maximum absolute atomic E-state index is 14.2. The summed E-state index contributed by atoms with van der Waals surface area (Å²) in [6, 6.07) is 16.0. The zero-order valence-electron chi connectivity index (χ0n) is 15.2. The molecule has 1 N–H and O–H groups in total. The van der Waals surface area contributed by atoms with Crippen LogP contribution in [0, 0.1) is 11.6 Å². The van der Waals surface area contributed by atoms with Crippen LogP contribution in [0.1, 0.15) is 27.7 Å². The van der Waals surface area contributed by atoms with Gasteiger partial charge < -0.3 is 19.7 Å². The number of halogens is 2. The van der Waals surface area contributed by atoms with Crippen LogP contribution < -0.4 is 14.8 Å². The van der Waals surface area contributed by atoms with Crippen molar-refractivity contribution in [2.75, 3.05) is 12.1 Å². The molecule has 3 aromatic carbocycles. The zero-order valence-corrected chi connectivity index (χ0v) is 15.2. The maximum Gasteiger partial charge on any atom is 0.256 e. The van der Waals surface area contributed by atoms with Crippen molar-refractivity contribution < 1.29 is 23.0 Å². The van der Waals surface area contributed by atoms with E-state index < -0.39 is 17.8 Å². The van der Waals surface area contributed by atoms with E-state index in [4.69, 9.17) is 9.47 Å². The summed E-state index contributed by atoms with van der Waals surface area (Å²) in [5.41, 5.74) is 2.26. The van der Waals surface area contributed by atoms with Crippen LogP contribution in [-0.2, 0) is 6.54 Å². The van der Waals surface area contributed by atoms with Crippen molar-refractivity contribution in [2.24, 2.45) is 0 Å². The van der Waals surface area contributed by atoms with Crippen molar-refractivity contribution in [1.82, 2.24) is 4.90 Å². The Kier molecular flexibility index (Phi) is 4.08. The number of hydrogen-bond acceptors (Lipinski definition) is 4. The van der Waals surface area contributed by atoms with Gasteiger partial charge in [-0.25, -0.2) is 8.78 Å². The van der Waals surface area contributed by atoms with Crippen LogP contribution in [0.4, 0.5) is 14.5 Å². The highest BCUT2D eigenvalue weighted by Gasteiger charge is 2.37. The number of nitrogens with one attached hydrogen (secondary N) is 1. The molecule has 0 fully saturated rings. The Morgan fingerprint density at radius 3 is 2.69 bits per heavy atom. The number of carbonyl (C=O) groups excluding carboxylic acids is 1. The SMILES string of the molecule is O=C1c2ccccc2[C@@H](Nc2ccc(F)cc2F)N1Cc1ccc2c(c1)OCO2. The van der Waals surface area contributed by atoms with E-state index in [0.717, 1.165) is 17.2 Å². The van der Waals surface area contributed by atoms with Crippen LogP contribution in [0.5, 0.6) is 11.5 Å². The Morgan fingerprint density at radius 2 is 1.83 bits per heavy atom. The second kappa shape index (κ2) is 6.77. The molecule has 2 aliphatic heterocycles. The zero-order chi connectivity index (χ0) is 20.0. The first-order valence-corrected chi connectivity index (χ1v) is 9.10. The molecule has 0 unspecified atom stereocenters. The number of rotatable bonds is 4. The second-order valence-electron chi connectivity index (χ2n) is 6.88. The van der Waals surface area contributed by atoms with E-state index >= 15 is 0 Å². The number of anilines is 1. The fraction of sp³-hybridized carbons (Fsp3) is 0.136. The fourth-order valence-electron chi connectivity index (χ4n) is 3.68. The maximum atomic E-state index is 14.2. The summed E-state index contributed by atoms with van der Waals surface area (Å²) in [6.45, 7) is 0.450. The molecular formula is C22H16F2N2O3. The monoisotopic (exact) mass is 394 g/mol. The standard InChI is InChI=1S/C22H16F2N2O3/c23-14-6-7-18(17(24)10-14)25-21-15-3-1-2-4-16(15)22(27)26(21)11-13-5-8-19-20(9-13)29-12-28-19/h1-10,21,25H,11-12H2/t21-/m0/s1. The first kappa shape index (κ1) is 17.5. The number of hydrogen-bond donors (Lipinski definition) is 1. The minimum absolute atomic E-state index is 0.122. The molecular weight excluding hydrogens is 378 g/mol. The molecule has 0 saturated heterocycles. The summed E-state index contributed by atoms with van der Waals surface area (Å²) in [5.74, 6) is -0.259. The minimum atomic E-state index is -0.718. The van der Waals surface area contributed by atoms with Gasteiger partial charge in [-0.15, -0.1) is 0 Å². The van der Waals surface area contributed by atoms with E-state index in [1.807, 2.05) is 24.3 Å². The summed E-state index contributed by atoms with van der Waals surface area (Å²) in [7, 11) is 0. The third-order valence-corrected chi connectivity index (χ3v) is 5.07. The number of benzene rings is 3. The van der Waals surface area contributed by atoms with Crippen molar-refractivity contribution in [3.63, 3.8) is 0 Å². The Labute approximate surface area is 165 Å². The molecule has 0 saturated carbocycles. The van der Waals surface area contributed by atoms with Gasteiger partial charge in [0.15, 0.2) is 11.5 Å². The number of fused-ring (bicyclic) bond motifs is 2. The van der Waals surface area contributed by atoms with E-state index in [1.165, 1.54) is 12.1 Å². The number of carbonyl (C=O) groups is 1. The van der Waals surface area contributed by atoms with Crippen LogP contribution in [0.15, 0.2) is 60.7 Å². The molecule has 0 radical (unpaired) electrons. The quantitative estimate of drug-likeness (QED) is 0.710. The molecule has 0 bridgehead atoms. The van der Waals surface area contributed by atoms with Crippen LogP contribution in [0.25, 0.3) is 0 Å². The third kappa shape index (κ3) is 3.04. The summed E-state index contributed by atoms with van der Waals surface area (Å²) in [4.78, 5) is 14.7. The average molecular weight is 394 g/mol. The Morgan fingerprint density at radius 1 is 1.00 bits per heavy atom. The van der Waals surface area contributed by atoms with Gasteiger partial charge in [0.2, 0.25) is 6.79 Å². The van der Waals surface area contributed by atoms with Gasteiger partial charge >= 0.3 is 0 Å². The molecule has 5 rings (SSSR count). The van der Waals surface area contributed by atoms with Gasteiger partial charge in [-0.1, -0.05) is 24.3 Å².